The minimum Gasteiger partial charge on any atom is -0.508 e. The number of benzene rings is 5. The Morgan fingerprint density at radius 2 is 0.915 bits per heavy atom. The molecule has 6 rings (SSSR count). The second-order valence-electron chi connectivity index (χ2n) is 12.1. The molecular formula is C40H40N2O5. The van der Waals surface area contributed by atoms with Gasteiger partial charge in [0.15, 0.2) is 0 Å². The molecule has 0 aromatic heterocycles. The molecular weight excluding hydrogens is 588 g/mol. The Bertz CT molecular complexity index is 1700. The summed E-state index contributed by atoms with van der Waals surface area (Å²) in [5.74, 6) is 0.859. The van der Waals surface area contributed by atoms with Gasteiger partial charge in [-0.1, -0.05) is 115 Å². The molecule has 47 heavy (non-hydrogen) atoms. The Hall–Kier alpha value is -5.11. The van der Waals surface area contributed by atoms with Crippen LogP contribution in [0, 0.1) is 0 Å². The van der Waals surface area contributed by atoms with E-state index in [0.717, 1.165) is 33.6 Å². The summed E-state index contributed by atoms with van der Waals surface area (Å²) in [7, 11) is 0. The molecule has 0 spiro atoms. The van der Waals surface area contributed by atoms with Crippen LogP contribution in [-0.2, 0) is 32.5 Å². The van der Waals surface area contributed by atoms with Crippen molar-refractivity contribution < 1.29 is 24.9 Å². The molecule has 2 amide bonds. The molecule has 1 fully saturated rings. The number of rotatable bonds is 11. The second-order valence-corrected chi connectivity index (χ2v) is 12.1. The first-order chi connectivity index (χ1) is 22.9. The number of ether oxygens (including phenoxy) is 1. The van der Waals surface area contributed by atoms with Crippen LogP contribution in [0.25, 0.3) is 0 Å². The number of urea groups is 1. The van der Waals surface area contributed by atoms with Crippen molar-refractivity contribution in [2.45, 2.75) is 56.8 Å². The van der Waals surface area contributed by atoms with E-state index in [4.69, 9.17) is 4.74 Å². The molecule has 7 nitrogen and oxygen atoms in total. The van der Waals surface area contributed by atoms with Gasteiger partial charge in [0.25, 0.3) is 0 Å². The lowest BCUT2D eigenvalue weighted by Crippen LogP contribution is -2.50. The number of amides is 2. The minimum atomic E-state index is -1.24. The maximum atomic E-state index is 14.7. The van der Waals surface area contributed by atoms with Gasteiger partial charge in [-0.2, -0.15) is 0 Å². The lowest BCUT2D eigenvalue weighted by atomic mass is 9.90. The minimum absolute atomic E-state index is 0.137. The van der Waals surface area contributed by atoms with Crippen molar-refractivity contribution in [1.82, 2.24) is 9.80 Å². The maximum Gasteiger partial charge on any atom is 0.321 e. The molecule has 1 heterocycles. The average molecular weight is 629 g/mol. The highest BCUT2D eigenvalue weighted by molar-refractivity contribution is 5.76. The topological polar surface area (TPSA) is 93.5 Å². The molecule has 0 aliphatic carbocycles. The third kappa shape index (κ3) is 8.01. The number of hydrogen-bond acceptors (Lipinski definition) is 5. The molecule has 1 aliphatic rings. The van der Waals surface area contributed by atoms with E-state index in [0.29, 0.717) is 19.4 Å². The fraction of sp³-hybridized carbons (Fsp3) is 0.225. The number of phenolic OH excluding ortho intramolecular Hbond substituents is 1. The number of aliphatic hydroxyl groups excluding tert-OH is 2. The van der Waals surface area contributed by atoms with Crippen LogP contribution < -0.4 is 4.74 Å². The maximum absolute atomic E-state index is 14.7. The Morgan fingerprint density at radius 1 is 0.511 bits per heavy atom. The zero-order valence-electron chi connectivity index (χ0n) is 26.2. The Labute approximate surface area is 275 Å². The Morgan fingerprint density at radius 3 is 1.36 bits per heavy atom. The van der Waals surface area contributed by atoms with Crippen LogP contribution in [0.15, 0.2) is 140 Å². The van der Waals surface area contributed by atoms with Crippen LogP contribution >= 0.6 is 0 Å². The highest BCUT2D eigenvalue weighted by Gasteiger charge is 2.46. The number of carbonyl (C=O) groups is 1. The number of hydrogen-bond donors (Lipinski definition) is 3. The largest absolute Gasteiger partial charge is 0.508 e. The van der Waals surface area contributed by atoms with Crippen LogP contribution in [0.3, 0.4) is 0 Å². The molecule has 5 aromatic rings. The van der Waals surface area contributed by atoms with Gasteiger partial charge in [-0.05, 0) is 64.9 Å². The predicted molar refractivity (Wildman–Crippen MR) is 182 cm³/mol. The van der Waals surface area contributed by atoms with E-state index in [1.54, 1.807) is 34.1 Å². The van der Waals surface area contributed by atoms with E-state index in [1.165, 1.54) is 0 Å². The number of carbonyl (C=O) groups excluding carboxylic acids is 1. The van der Waals surface area contributed by atoms with E-state index in [9.17, 15) is 20.1 Å². The summed E-state index contributed by atoms with van der Waals surface area (Å²) < 4.78 is 5.98. The van der Waals surface area contributed by atoms with Gasteiger partial charge in [0, 0.05) is 13.1 Å². The zero-order chi connectivity index (χ0) is 32.6. The average Bonchev–Trinajstić information content (AvgIpc) is 3.17. The smallest absolute Gasteiger partial charge is 0.321 e. The first kappa shape index (κ1) is 31.9. The lowest BCUT2D eigenvalue weighted by molar-refractivity contribution is -0.0408. The van der Waals surface area contributed by atoms with Gasteiger partial charge in [0.1, 0.15) is 30.3 Å². The van der Waals surface area contributed by atoms with Crippen molar-refractivity contribution in [1.29, 1.82) is 0 Å². The molecule has 1 saturated heterocycles. The van der Waals surface area contributed by atoms with Crippen molar-refractivity contribution in [2.75, 3.05) is 0 Å². The fourth-order valence-electron chi connectivity index (χ4n) is 6.24. The normalized spacial score (nSPS) is 19.7. The fourth-order valence-corrected chi connectivity index (χ4v) is 6.24. The van der Waals surface area contributed by atoms with E-state index < -0.39 is 24.3 Å². The molecule has 0 unspecified atom stereocenters. The second kappa shape index (κ2) is 15.0. The first-order valence-corrected chi connectivity index (χ1v) is 16.0. The summed E-state index contributed by atoms with van der Waals surface area (Å²) in [4.78, 5) is 18.1. The summed E-state index contributed by atoms with van der Waals surface area (Å²) in [5, 5.41) is 33.7. The van der Waals surface area contributed by atoms with E-state index in [-0.39, 0.29) is 24.9 Å². The summed E-state index contributed by atoms with van der Waals surface area (Å²) in [6.45, 7) is 0.980. The Balaban J connectivity index is 1.32. The van der Waals surface area contributed by atoms with Crippen LogP contribution in [0.1, 0.15) is 27.8 Å². The number of aromatic hydroxyl groups is 1. The molecule has 1 aliphatic heterocycles. The SMILES string of the molecule is O=C1N(Cc2ccccc2)[C@H](Cc2ccc(O)cc2)[C@H](O)[C@@H](O)[C@@H](Cc2ccc(OCc3ccccc3)cc2)N1Cc1ccccc1. The highest BCUT2D eigenvalue weighted by atomic mass is 16.5. The van der Waals surface area contributed by atoms with Gasteiger partial charge in [-0.15, -0.1) is 0 Å². The van der Waals surface area contributed by atoms with Gasteiger partial charge in [0.2, 0.25) is 0 Å². The monoisotopic (exact) mass is 628 g/mol. The summed E-state index contributed by atoms with van der Waals surface area (Å²) in [6, 6.07) is 42.1. The number of nitrogens with zero attached hydrogens (tertiary/aromatic N) is 2. The van der Waals surface area contributed by atoms with Crippen LogP contribution in [0.4, 0.5) is 4.79 Å². The third-order valence-electron chi connectivity index (χ3n) is 8.82. The molecule has 0 bridgehead atoms. The molecule has 0 saturated carbocycles. The molecule has 5 aromatic carbocycles. The van der Waals surface area contributed by atoms with Crippen LogP contribution in [-0.4, -0.2) is 55.4 Å². The van der Waals surface area contributed by atoms with Crippen LogP contribution in [0.2, 0.25) is 0 Å². The van der Waals surface area contributed by atoms with Crippen molar-refractivity contribution in [3.8, 4) is 11.5 Å². The Kier molecular flexibility index (Phi) is 10.2. The molecule has 0 radical (unpaired) electrons. The van der Waals surface area contributed by atoms with Gasteiger partial charge in [0.05, 0.1) is 12.1 Å². The van der Waals surface area contributed by atoms with E-state index >= 15 is 0 Å². The van der Waals surface area contributed by atoms with Gasteiger partial charge in [-0.3, -0.25) is 0 Å². The van der Waals surface area contributed by atoms with Gasteiger partial charge < -0.3 is 29.9 Å². The zero-order valence-corrected chi connectivity index (χ0v) is 26.2. The van der Waals surface area contributed by atoms with Crippen LogP contribution in [0.5, 0.6) is 11.5 Å². The summed E-state index contributed by atoms with van der Waals surface area (Å²) >= 11 is 0. The van der Waals surface area contributed by atoms with E-state index in [2.05, 4.69) is 0 Å². The first-order valence-electron chi connectivity index (χ1n) is 16.0. The standard InChI is InChI=1S/C40H40N2O5/c43-34-20-16-29(17-21-34)24-36-38(44)39(45)37(25-30-18-22-35(23-19-30)47-28-33-14-8-3-9-15-33)42(27-32-12-6-2-7-13-32)40(46)41(36)26-31-10-4-1-5-11-31/h1-23,36-39,43-45H,24-28H2/t36-,37-,38+,39+/m1/s1. The molecule has 240 valence electrons. The molecule has 7 heteroatoms. The molecule has 3 N–H and O–H groups in total. The summed E-state index contributed by atoms with van der Waals surface area (Å²) in [6.07, 6.45) is -1.84. The lowest BCUT2D eigenvalue weighted by Gasteiger charge is -2.36. The van der Waals surface area contributed by atoms with Crippen molar-refractivity contribution >= 4 is 6.03 Å². The molecule has 4 atom stereocenters. The highest BCUT2D eigenvalue weighted by Crippen LogP contribution is 2.30. The summed E-state index contributed by atoms with van der Waals surface area (Å²) in [5.41, 5.74) is 4.66. The van der Waals surface area contributed by atoms with Crippen molar-refractivity contribution in [3.05, 3.63) is 167 Å². The van der Waals surface area contributed by atoms with Crippen molar-refractivity contribution in [3.63, 3.8) is 0 Å². The van der Waals surface area contributed by atoms with Crippen molar-refractivity contribution in [2.24, 2.45) is 0 Å². The predicted octanol–water partition coefficient (Wildman–Crippen LogP) is 6.35. The van der Waals surface area contributed by atoms with E-state index in [1.807, 2.05) is 115 Å². The quantitative estimate of drug-likeness (QED) is 0.159. The third-order valence-corrected chi connectivity index (χ3v) is 8.82. The van der Waals surface area contributed by atoms with Gasteiger partial charge in [-0.25, -0.2) is 4.79 Å². The number of phenols is 1. The van der Waals surface area contributed by atoms with Gasteiger partial charge >= 0.3 is 6.03 Å². The number of aliphatic hydroxyl groups is 2.